The Morgan fingerprint density at radius 2 is 1.78 bits per heavy atom. The van der Waals surface area contributed by atoms with Gasteiger partial charge < -0.3 is 20.9 Å². The minimum Gasteiger partial charge on any atom is -0.355 e. The number of nitrogens with zero attached hydrogens (tertiary/aromatic N) is 1. The van der Waals surface area contributed by atoms with Crippen LogP contribution in [0.3, 0.4) is 0 Å². The van der Waals surface area contributed by atoms with Crippen molar-refractivity contribution in [3.63, 3.8) is 0 Å². The maximum atomic E-state index is 12.6. The monoisotopic (exact) mass is 324 g/mol. The van der Waals surface area contributed by atoms with Crippen LogP contribution in [-0.4, -0.2) is 61.5 Å². The van der Waals surface area contributed by atoms with Crippen molar-refractivity contribution in [3.8, 4) is 0 Å². The van der Waals surface area contributed by atoms with E-state index in [1.807, 2.05) is 4.90 Å². The van der Waals surface area contributed by atoms with Crippen LogP contribution < -0.4 is 16.0 Å². The van der Waals surface area contributed by atoms with Gasteiger partial charge in [0.1, 0.15) is 0 Å². The Bertz CT molecular complexity index is 388. The van der Waals surface area contributed by atoms with Crippen LogP contribution >= 0.6 is 0 Å². The van der Waals surface area contributed by atoms with Crippen LogP contribution in [0, 0.1) is 0 Å². The molecule has 0 bridgehead atoms. The van der Waals surface area contributed by atoms with Crippen LogP contribution in [0.5, 0.6) is 0 Å². The van der Waals surface area contributed by atoms with Crippen LogP contribution in [-0.2, 0) is 9.59 Å². The van der Waals surface area contributed by atoms with E-state index in [1.54, 1.807) is 0 Å². The Hall–Kier alpha value is -1.14. The fraction of sp³-hybridized carbons (Fsp3) is 0.882. The zero-order valence-corrected chi connectivity index (χ0v) is 14.5. The van der Waals surface area contributed by atoms with Crippen molar-refractivity contribution in [1.29, 1.82) is 0 Å². The number of rotatable bonds is 7. The van der Waals surface area contributed by atoms with Crippen molar-refractivity contribution in [2.45, 2.75) is 57.4 Å². The Labute approximate surface area is 139 Å². The molecule has 1 heterocycles. The van der Waals surface area contributed by atoms with Gasteiger partial charge in [0.2, 0.25) is 11.8 Å². The molecule has 2 rings (SSSR count). The summed E-state index contributed by atoms with van der Waals surface area (Å²) in [7, 11) is 0. The average Bonchev–Trinajstić information content (AvgIpc) is 2.61. The summed E-state index contributed by atoms with van der Waals surface area (Å²) in [5, 5.41) is 9.73. The van der Waals surface area contributed by atoms with Gasteiger partial charge in [-0.25, -0.2) is 0 Å². The molecule has 0 atom stereocenters. The molecule has 3 N–H and O–H groups in total. The van der Waals surface area contributed by atoms with Crippen molar-refractivity contribution in [2.24, 2.45) is 0 Å². The predicted octanol–water partition coefficient (Wildman–Crippen LogP) is 0.627. The van der Waals surface area contributed by atoms with E-state index in [0.717, 1.165) is 64.8 Å². The third-order valence-electron chi connectivity index (χ3n) is 4.95. The van der Waals surface area contributed by atoms with E-state index >= 15 is 0 Å². The van der Waals surface area contributed by atoms with Crippen LogP contribution in [0.4, 0.5) is 0 Å². The van der Waals surface area contributed by atoms with Crippen molar-refractivity contribution >= 4 is 11.8 Å². The molecule has 6 heteroatoms. The van der Waals surface area contributed by atoms with E-state index in [-0.39, 0.29) is 11.8 Å². The summed E-state index contributed by atoms with van der Waals surface area (Å²) in [5.74, 6) is 0.313. The van der Waals surface area contributed by atoms with Gasteiger partial charge in [-0.1, -0.05) is 26.2 Å². The Kier molecular flexibility index (Phi) is 7.30. The number of amides is 2. The minimum atomic E-state index is -0.461. The zero-order chi connectivity index (χ0) is 16.5. The second-order valence-electron chi connectivity index (χ2n) is 6.71. The molecule has 2 aliphatic rings. The van der Waals surface area contributed by atoms with Crippen LogP contribution in [0.25, 0.3) is 0 Å². The highest BCUT2D eigenvalue weighted by atomic mass is 16.2. The van der Waals surface area contributed by atoms with Gasteiger partial charge in [-0.2, -0.15) is 0 Å². The molecule has 1 aliphatic heterocycles. The molecule has 1 saturated carbocycles. The molecule has 2 amide bonds. The highest BCUT2D eigenvalue weighted by Crippen LogP contribution is 2.28. The summed E-state index contributed by atoms with van der Waals surface area (Å²) in [6, 6.07) is 0. The highest BCUT2D eigenvalue weighted by molar-refractivity contribution is 5.86. The maximum absolute atomic E-state index is 12.6. The molecule has 0 aromatic carbocycles. The van der Waals surface area contributed by atoms with E-state index in [0.29, 0.717) is 13.0 Å². The summed E-state index contributed by atoms with van der Waals surface area (Å²) in [6.45, 7) is 6.71. The molecule has 0 aromatic rings. The number of carbonyl (C=O) groups excluding carboxylic acids is 2. The molecule has 132 valence electrons. The first-order valence-electron chi connectivity index (χ1n) is 9.20. The largest absolute Gasteiger partial charge is 0.355 e. The van der Waals surface area contributed by atoms with Crippen LogP contribution in [0.15, 0.2) is 0 Å². The highest BCUT2D eigenvalue weighted by Gasteiger charge is 2.38. The van der Waals surface area contributed by atoms with Crippen molar-refractivity contribution in [3.05, 3.63) is 0 Å². The van der Waals surface area contributed by atoms with Gasteiger partial charge in [-0.05, 0) is 19.3 Å². The molecule has 1 saturated heterocycles. The number of piperazine rings is 1. The number of hydrogen-bond donors (Lipinski definition) is 3. The molecule has 6 nitrogen and oxygen atoms in total. The first-order chi connectivity index (χ1) is 11.2. The second kappa shape index (κ2) is 9.23. The van der Waals surface area contributed by atoms with Gasteiger partial charge in [-0.3, -0.25) is 9.59 Å². The molecule has 0 unspecified atom stereocenters. The second-order valence-corrected chi connectivity index (χ2v) is 6.71. The predicted molar refractivity (Wildman–Crippen MR) is 91.2 cm³/mol. The maximum Gasteiger partial charge on any atom is 0.240 e. The van der Waals surface area contributed by atoms with Crippen LogP contribution in [0.1, 0.15) is 51.9 Å². The Morgan fingerprint density at radius 3 is 2.43 bits per heavy atom. The Balaban J connectivity index is 1.82. The van der Waals surface area contributed by atoms with E-state index in [9.17, 15) is 9.59 Å². The van der Waals surface area contributed by atoms with Crippen molar-refractivity contribution in [2.75, 3.05) is 39.3 Å². The van der Waals surface area contributed by atoms with Gasteiger partial charge in [0.15, 0.2) is 0 Å². The standard InChI is InChI=1S/C17H32N4O2/c1-2-9-19-16(23)17(7-4-3-5-8-17)20-10-6-15(22)21-13-11-18-12-14-21/h18,20H,2-14H2,1H3,(H,19,23). The fourth-order valence-corrected chi connectivity index (χ4v) is 3.53. The summed E-state index contributed by atoms with van der Waals surface area (Å²) in [6.07, 6.45) is 6.54. The molecular weight excluding hydrogens is 292 g/mol. The van der Waals surface area contributed by atoms with E-state index in [1.165, 1.54) is 6.42 Å². The van der Waals surface area contributed by atoms with Crippen molar-refractivity contribution in [1.82, 2.24) is 20.9 Å². The molecule has 23 heavy (non-hydrogen) atoms. The molecule has 0 radical (unpaired) electrons. The van der Waals surface area contributed by atoms with E-state index in [2.05, 4.69) is 22.9 Å². The van der Waals surface area contributed by atoms with E-state index in [4.69, 9.17) is 0 Å². The van der Waals surface area contributed by atoms with Gasteiger partial charge in [0.05, 0.1) is 5.54 Å². The SMILES string of the molecule is CCCNC(=O)C1(NCCC(=O)N2CCNCC2)CCCCC1. The molecular formula is C17H32N4O2. The molecule has 2 fully saturated rings. The lowest BCUT2D eigenvalue weighted by Gasteiger charge is -2.37. The summed E-state index contributed by atoms with van der Waals surface area (Å²) in [4.78, 5) is 26.7. The quantitative estimate of drug-likeness (QED) is 0.642. The zero-order valence-electron chi connectivity index (χ0n) is 14.5. The van der Waals surface area contributed by atoms with Crippen molar-refractivity contribution < 1.29 is 9.59 Å². The van der Waals surface area contributed by atoms with E-state index < -0.39 is 5.54 Å². The normalized spacial score (nSPS) is 21.0. The lowest BCUT2D eigenvalue weighted by Crippen LogP contribution is -2.58. The lowest BCUT2D eigenvalue weighted by atomic mass is 9.80. The van der Waals surface area contributed by atoms with Gasteiger partial charge in [0.25, 0.3) is 0 Å². The Morgan fingerprint density at radius 1 is 1.09 bits per heavy atom. The number of carbonyl (C=O) groups is 2. The topological polar surface area (TPSA) is 73.5 Å². The molecule has 0 spiro atoms. The van der Waals surface area contributed by atoms with Gasteiger partial charge in [-0.15, -0.1) is 0 Å². The van der Waals surface area contributed by atoms with Gasteiger partial charge >= 0.3 is 0 Å². The molecule has 1 aliphatic carbocycles. The first kappa shape index (κ1) is 18.2. The third kappa shape index (κ3) is 5.18. The fourth-order valence-electron chi connectivity index (χ4n) is 3.53. The summed E-state index contributed by atoms with van der Waals surface area (Å²) >= 11 is 0. The van der Waals surface area contributed by atoms with Crippen LogP contribution in [0.2, 0.25) is 0 Å². The third-order valence-corrected chi connectivity index (χ3v) is 4.95. The average molecular weight is 324 g/mol. The minimum absolute atomic E-state index is 0.119. The summed E-state index contributed by atoms with van der Waals surface area (Å²) in [5.41, 5.74) is -0.461. The number of nitrogens with one attached hydrogen (secondary N) is 3. The molecule has 0 aromatic heterocycles. The summed E-state index contributed by atoms with van der Waals surface area (Å²) < 4.78 is 0. The first-order valence-corrected chi connectivity index (χ1v) is 9.20. The smallest absolute Gasteiger partial charge is 0.240 e. The lowest BCUT2D eigenvalue weighted by molar-refractivity contribution is -0.133. The number of hydrogen-bond acceptors (Lipinski definition) is 4. The van der Waals surface area contributed by atoms with Gasteiger partial charge in [0, 0.05) is 45.7 Å².